The maximum atomic E-state index is 12.3. The van der Waals surface area contributed by atoms with Crippen LogP contribution in [0.5, 0.6) is 0 Å². The molecular weight excluding hydrogens is 328 g/mol. The fraction of sp³-hybridized carbons (Fsp3) is 0.333. The quantitative estimate of drug-likeness (QED) is 0.727. The summed E-state index contributed by atoms with van der Waals surface area (Å²) in [5, 5.41) is 0. The molecule has 0 aliphatic heterocycles. The van der Waals surface area contributed by atoms with Gasteiger partial charge in [0.05, 0.1) is 5.56 Å². The predicted octanol–water partition coefficient (Wildman–Crippen LogP) is 1.28. The molecule has 0 saturated heterocycles. The topological polar surface area (TPSA) is 0 Å². The van der Waals surface area contributed by atoms with Gasteiger partial charge in [-0.25, -0.2) is 0 Å². The van der Waals surface area contributed by atoms with Crippen molar-refractivity contribution in [2.45, 2.75) is 26.4 Å². The summed E-state index contributed by atoms with van der Waals surface area (Å²) >= 11 is -0.299. The number of allylic oxidation sites excluding steroid dienone is 1. The molecule has 0 radical (unpaired) electrons. The summed E-state index contributed by atoms with van der Waals surface area (Å²) in [5.41, 5.74) is 0.726. The monoisotopic (exact) mass is 341 g/mol. The van der Waals surface area contributed by atoms with Crippen LogP contribution in [0.3, 0.4) is 0 Å². The Kier molecular flexibility index (Phi) is 4.83. The second kappa shape index (κ2) is 5.70. The Morgan fingerprint density at radius 2 is 1.81 bits per heavy atom. The van der Waals surface area contributed by atoms with Crippen LogP contribution in [-0.2, 0) is 6.18 Å². The van der Waals surface area contributed by atoms with Crippen LogP contribution < -0.4 is 21.2 Å². The van der Waals surface area contributed by atoms with Gasteiger partial charge in [0.25, 0.3) is 0 Å². The highest BCUT2D eigenvalue weighted by molar-refractivity contribution is 5.17. The molecule has 1 aromatic carbocycles. The van der Waals surface area contributed by atoms with E-state index < -0.39 is 11.7 Å². The van der Waals surface area contributed by atoms with Crippen LogP contribution >= 0.6 is 0 Å². The van der Waals surface area contributed by atoms with Gasteiger partial charge in [-0.05, 0) is 43.2 Å². The van der Waals surface area contributed by atoms with Crippen molar-refractivity contribution >= 4 is 0 Å². The average Bonchev–Trinajstić information content (AvgIpc) is 2.25. The summed E-state index contributed by atoms with van der Waals surface area (Å²) in [6.45, 7) is 4.12. The molecule has 0 spiro atoms. The first kappa shape index (κ1) is 13.5. The van der Waals surface area contributed by atoms with Gasteiger partial charge < -0.3 is 0 Å². The highest BCUT2D eigenvalue weighted by Crippen LogP contribution is 2.28. The summed E-state index contributed by atoms with van der Waals surface area (Å²) in [7, 11) is 0. The van der Waals surface area contributed by atoms with Crippen LogP contribution in [0.4, 0.5) is 13.2 Å². The van der Waals surface area contributed by atoms with Gasteiger partial charge >= 0.3 is 27.4 Å². The van der Waals surface area contributed by atoms with E-state index in [1.54, 1.807) is 12.1 Å². The third-order valence-corrected chi connectivity index (χ3v) is 4.91. The summed E-state index contributed by atoms with van der Waals surface area (Å²) in [6, 6.07) is 5.47. The molecule has 0 N–H and O–H groups in total. The molecule has 0 heterocycles. The van der Waals surface area contributed by atoms with E-state index in [4.69, 9.17) is 0 Å². The van der Waals surface area contributed by atoms with Crippen molar-refractivity contribution in [2.24, 2.45) is 0 Å². The molecule has 0 aliphatic carbocycles. The van der Waals surface area contributed by atoms with E-state index in [1.165, 1.54) is 5.57 Å². The molecule has 0 unspecified atom stereocenters. The van der Waals surface area contributed by atoms with E-state index in [0.29, 0.717) is 0 Å². The molecule has 1 aromatic rings. The maximum Gasteiger partial charge on any atom is 0.416 e. The Hall–Kier alpha value is -0.520. The SMILES string of the molecule is CC/C(C)=C\[I+]c1ccc(C(F)(F)F)cc1. The number of hydrogen-bond donors (Lipinski definition) is 0. The second-order valence-corrected chi connectivity index (χ2v) is 5.91. The van der Waals surface area contributed by atoms with E-state index in [9.17, 15) is 13.2 Å². The first-order chi connectivity index (χ1) is 7.43. The molecule has 1 rings (SSSR count). The van der Waals surface area contributed by atoms with Crippen molar-refractivity contribution in [2.75, 3.05) is 0 Å². The average molecular weight is 341 g/mol. The van der Waals surface area contributed by atoms with Crippen LogP contribution in [0.15, 0.2) is 33.9 Å². The van der Waals surface area contributed by atoms with Gasteiger partial charge in [0.15, 0.2) is 7.65 Å². The van der Waals surface area contributed by atoms with E-state index in [-0.39, 0.29) is 21.2 Å². The molecule has 0 aliphatic rings. The minimum Gasteiger partial charge on any atom is -0.166 e. The summed E-state index contributed by atoms with van der Waals surface area (Å²) in [4.78, 5) is 0. The largest absolute Gasteiger partial charge is 0.416 e. The lowest BCUT2D eigenvalue weighted by Crippen LogP contribution is -3.59. The maximum absolute atomic E-state index is 12.3. The van der Waals surface area contributed by atoms with Gasteiger partial charge in [0.1, 0.15) is 0 Å². The van der Waals surface area contributed by atoms with Crippen molar-refractivity contribution in [1.82, 2.24) is 0 Å². The first-order valence-corrected chi connectivity index (χ1v) is 7.22. The lowest BCUT2D eigenvalue weighted by atomic mass is 10.2. The number of alkyl halides is 3. The molecular formula is C12H13F3I+. The highest BCUT2D eigenvalue weighted by atomic mass is 127. The molecule has 16 heavy (non-hydrogen) atoms. The van der Waals surface area contributed by atoms with Gasteiger partial charge in [-0.15, -0.1) is 0 Å². The number of rotatable bonds is 3. The van der Waals surface area contributed by atoms with Crippen LogP contribution in [-0.4, -0.2) is 0 Å². The van der Waals surface area contributed by atoms with Gasteiger partial charge in [-0.2, -0.15) is 13.2 Å². The van der Waals surface area contributed by atoms with Gasteiger partial charge in [-0.3, -0.25) is 0 Å². The van der Waals surface area contributed by atoms with Crippen molar-refractivity contribution in [3.63, 3.8) is 0 Å². The lowest BCUT2D eigenvalue weighted by molar-refractivity contribution is -0.557. The third-order valence-electron chi connectivity index (χ3n) is 2.10. The summed E-state index contributed by atoms with van der Waals surface area (Å²) < 4.78 is 40.0. The Bertz CT molecular complexity index is 363. The zero-order chi connectivity index (χ0) is 12.2. The summed E-state index contributed by atoms with van der Waals surface area (Å²) in [5.74, 6) is 0. The van der Waals surface area contributed by atoms with Crippen molar-refractivity contribution < 1.29 is 34.4 Å². The Morgan fingerprint density at radius 3 is 2.25 bits per heavy atom. The molecule has 0 bridgehead atoms. The standard InChI is InChI=1S/C12H13F3I/c1-3-9(2)8-16-11-6-4-10(5-7-11)12(13,14)15/h4-8H,3H2,1-2H3/q+1/b9-8-. The van der Waals surface area contributed by atoms with E-state index >= 15 is 0 Å². The van der Waals surface area contributed by atoms with Gasteiger partial charge in [0.2, 0.25) is 0 Å². The molecule has 0 atom stereocenters. The Balaban J connectivity index is 2.73. The molecule has 0 nitrogen and oxygen atoms in total. The predicted molar refractivity (Wildman–Crippen MR) is 54.2 cm³/mol. The Morgan fingerprint density at radius 1 is 1.25 bits per heavy atom. The van der Waals surface area contributed by atoms with Crippen LogP contribution in [0.1, 0.15) is 25.8 Å². The number of hydrogen-bond acceptors (Lipinski definition) is 0. The smallest absolute Gasteiger partial charge is 0.166 e. The number of halogens is 4. The van der Waals surface area contributed by atoms with E-state index in [1.807, 2.05) is 6.92 Å². The zero-order valence-electron chi connectivity index (χ0n) is 9.11. The normalized spacial score (nSPS) is 12.9. The Labute approximate surface area is 104 Å². The third kappa shape index (κ3) is 4.15. The summed E-state index contributed by atoms with van der Waals surface area (Å²) in [6.07, 6.45) is -3.23. The van der Waals surface area contributed by atoms with Crippen LogP contribution in [0.25, 0.3) is 0 Å². The minimum atomic E-state index is -4.23. The van der Waals surface area contributed by atoms with Crippen LogP contribution in [0.2, 0.25) is 0 Å². The van der Waals surface area contributed by atoms with E-state index in [2.05, 4.69) is 11.0 Å². The fourth-order valence-electron chi connectivity index (χ4n) is 0.945. The second-order valence-electron chi connectivity index (χ2n) is 3.42. The highest BCUT2D eigenvalue weighted by Gasteiger charge is 2.30. The zero-order valence-corrected chi connectivity index (χ0v) is 11.3. The van der Waals surface area contributed by atoms with E-state index in [0.717, 1.165) is 22.1 Å². The first-order valence-electron chi connectivity index (χ1n) is 4.89. The molecule has 0 fully saturated rings. The van der Waals surface area contributed by atoms with Crippen LogP contribution in [0, 0.1) is 3.57 Å². The molecule has 0 amide bonds. The van der Waals surface area contributed by atoms with Crippen molar-refractivity contribution in [3.8, 4) is 0 Å². The van der Waals surface area contributed by atoms with Crippen molar-refractivity contribution in [1.29, 1.82) is 0 Å². The molecule has 0 saturated carbocycles. The molecule has 4 heteroatoms. The van der Waals surface area contributed by atoms with Gasteiger partial charge in [0, 0.05) is 0 Å². The van der Waals surface area contributed by atoms with Gasteiger partial charge in [-0.1, -0.05) is 6.92 Å². The lowest BCUT2D eigenvalue weighted by Gasteiger charge is -2.04. The molecule has 88 valence electrons. The fourth-order valence-corrected chi connectivity index (χ4v) is 3.05. The minimum absolute atomic E-state index is 0.299. The molecule has 0 aromatic heterocycles. The van der Waals surface area contributed by atoms with Crippen molar-refractivity contribution in [3.05, 3.63) is 43.1 Å². The number of benzene rings is 1.